The lowest BCUT2D eigenvalue weighted by Crippen LogP contribution is -2.29. The molecule has 2 aliphatic rings. The highest BCUT2D eigenvalue weighted by Crippen LogP contribution is 2.44. The number of pyridine rings is 1. The van der Waals surface area contributed by atoms with Gasteiger partial charge in [0.25, 0.3) is 0 Å². The molecule has 2 fully saturated rings. The van der Waals surface area contributed by atoms with Crippen LogP contribution in [0, 0.1) is 13.8 Å². The molecule has 1 saturated carbocycles. The van der Waals surface area contributed by atoms with Crippen LogP contribution in [0.4, 0.5) is 11.4 Å². The molecule has 1 aromatic carbocycles. The van der Waals surface area contributed by atoms with Crippen LogP contribution in [0.3, 0.4) is 0 Å². The molecule has 0 radical (unpaired) electrons. The van der Waals surface area contributed by atoms with Crippen molar-refractivity contribution in [1.82, 2.24) is 14.9 Å². The van der Waals surface area contributed by atoms with Crippen molar-refractivity contribution in [1.29, 1.82) is 0 Å². The van der Waals surface area contributed by atoms with Crippen LogP contribution in [0.1, 0.15) is 72.9 Å². The molecule has 1 aliphatic heterocycles. The molecule has 1 aliphatic carbocycles. The van der Waals surface area contributed by atoms with E-state index in [0.717, 1.165) is 17.1 Å². The standard InChI is InChI=1S/C29H35N5O2S/c1-19-17-24(20(2)33(19)22-9-5-4-6-10-22)28-27(25-11-7-8-16-30-25)32-29(37)34(28)23-14-12-21(13-15-23)31-26(35)18-36-3/h7-8,11-17,22,27-28H,4-6,9-10,18H2,1-3H3,(H,31,35)(H,32,37)/t27-,28+/m0/s1. The van der Waals surface area contributed by atoms with Gasteiger partial charge < -0.3 is 24.8 Å². The second-order valence-corrected chi connectivity index (χ2v) is 10.4. The summed E-state index contributed by atoms with van der Waals surface area (Å²) in [5, 5.41) is 7.09. The Morgan fingerprint density at radius 3 is 2.57 bits per heavy atom. The van der Waals surface area contributed by atoms with Gasteiger partial charge in [0.15, 0.2) is 5.11 Å². The van der Waals surface area contributed by atoms with Gasteiger partial charge in [-0.25, -0.2) is 0 Å². The minimum Gasteiger partial charge on any atom is -0.375 e. The number of hydrogen-bond donors (Lipinski definition) is 2. The predicted octanol–water partition coefficient (Wildman–Crippen LogP) is 5.77. The predicted molar refractivity (Wildman–Crippen MR) is 151 cm³/mol. The smallest absolute Gasteiger partial charge is 0.250 e. The lowest BCUT2D eigenvalue weighted by atomic mass is 9.94. The summed E-state index contributed by atoms with van der Waals surface area (Å²) in [5.74, 6) is -0.183. The number of anilines is 2. The second kappa shape index (κ2) is 11.0. The van der Waals surface area contributed by atoms with E-state index in [1.807, 2.05) is 42.6 Å². The Morgan fingerprint density at radius 2 is 1.89 bits per heavy atom. The molecule has 2 aromatic heterocycles. The number of carbonyl (C=O) groups is 1. The highest BCUT2D eigenvalue weighted by molar-refractivity contribution is 7.80. The first-order chi connectivity index (χ1) is 18.0. The van der Waals surface area contributed by atoms with Crippen molar-refractivity contribution in [2.75, 3.05) is 23.9 Å². The van der Waals surface area contributed by atoms with E-state index in [1.165, 1.54) is 56.2 Å². The maximum atomic E-state index is 12.0. The maximum Gasteiger partial charge on any atom is 0.250 e. The van der Waals surface area contributed by atoms with E-state index in [0.29, 0.717) is 11.2 Å². The van der Waals surface area contributed by atoms with E-state index in [9.17, 15) is 4.79 Å². The number of aromatic nitrogens is 2. The Balaban J connectivity index is 1.54. The molecule has 37 heavy (non-hydrogen) atoms. The van der Waals surface area contributed by atoms with Gasteiger partial charge in [-0.05, 0) is 86.9 Å². The first-order valence-electron chi connectivity index (χ1n) is 13.1. The molecule has 0 unspecified atom stereocenters. The zero-order valence-corrected chi connectivity index (χ0v) is 22.6. The number of ether oxygens (including phenoxy) is 1. The van der Waals surface area contributed by atoms with Gasteiger partial charge in [-0.3, -0.25) is 9.78 Å². The van der Waals surface area contributed by atoms with Crippen LogP contribution < -0.4 is 15.5 Å². The van der Waals surface area contributed by atoms with Crippen LogP contribution in [0.15, 0.2) is 54.7 Å². The number of carbonyl (C=O) groups excluding carboxylic acids is 1. The number of hydrogen-bond acceptors (Lipinski definition) is 4. The molecular weight excluding hydrogens is 482 g/mol. The minimum absolute atomic E-state index is 0.0202. The Morgan fingerprint density at radius 1 is 1.14 bits per heavy atom. The molecule has 2 N–H and O–H groups in total. The summed E-state index contributed by atoms with van der Waals surface area (Å²) in [4.78, 5) is 18.9. The van der Waals surface area contributed by atoms with Crippen LogP contribution in [-0.2, 0) is 9.53 Å². The summed E-state index contributed by atoms with van der Waals surface area (Å²) in [7, 11) is 1.51. The summed E-state index contributed by atoms with van der Waals surface area (Å²) < 4.78 is 7.48. The minimum atomic E-state index is -0.183. The number of amides is 1. The van der Waals surface area contributed by atoms with E-state index in [-0.39, 0.29) is 24.6 Å². The van der Waals surface area contributed by atoms with Gasteiger partial charge in [0.2, 0.25) is 5.91 Å². The van der Waals surface area contributed by atoms with E-state index < -0.39 is 0 Å². The molecule has 194 valence electrons. The van der Waals surface area contributed by atoms with Gasteiger partial charge in [-0.1, -0.05) is 25.3 Å². The molecule has 0 bridgehead atoms. The number of nitrogens with zero attached hydrogens (tertiary/aromatic N) is 3. The van der Waals surface area contributed by atoms with Crippen molar-refractivity contribution in [3.63, 3.8) is 0 Å². The van der Waals surface area contributed by atoms with Gasteiger partial charge in [-0.2, -0.15) is 0 Å². The number of nitrogens with one attached hydrogen (secondary N) is 2. The van der Waals surface area contributed by atoms with Crippen molar-refractivity contribution < 1.29 is 9.53 Å². The van der Waals surface area contributed by atoms with Gasteiger partial charge in [0.1, 0.15) is 6.61 Å². The quantitative estimate of drug-likeness (QED) is 0.388. The van der Waals surface area contributed by atoms with E-state index in [4.69, 9.17) is 21.9 Å². The number of methoxy groups -OCH3 is 1. The molecule has 7 nitrogen and oxygen atoms in total. The van der Waals surface area contributed by atoms with E-state index in [1.54, 1.807) is 0 Å². The van der Waals surface area contributed by atoms with Crippen LogP contribution >= 0.6 is 12.2 Å². The molecule has 3 aromatic rings. The second-order valence-electron chi connectivity index (χ2n) is 10.0. The Labute approximate surface area is 224 Å². The average molecular weight is 518 g/mol. The SMILES string of the molecule is COCC(=O)Nc1ccc(N2C(=S)N[C@@H](c3ccccn3)[C@H]2c2cc(C)n(C3CCCCC3)c2C)cc1. The molecular formula is C29H35N5O2S. The monoisotopic (exact) mass is 517 g/mol. The summed E-state index contributed by atoms with van der Waals surface area (Å²) >= 11 is 5.92. The molecule has 5 rings (SSSR count). The van der Waals surface area contributed by atoms with Crippen molar-refractivity contribution in [3.05, 3.63) is 77.4 Å². The highest BCUT2D eigenvalue weighted by Gasteiger charge is 2.42. The number of rotatable bonds is 7. The normalized spacial score (nSPS) is 20.2. The molecule has 2 atom stereocenters. The Kier molecular flexibility index (Phi) is 7.58. The number of benzene rings is 1. The van der Waals surface area contributed by atoms with Crippen LogP contribution in [-0.4, -0.2) is 34.3 Å². The average Bonchev–Trinajstić information content (AvgIpc) is 3.40. The molecule has 1 amide bonds. The van der Waals surface area contributed by atoms with Crippen LogP contribution in [0.5, 0.6) is 0 Å². The third kappa shape index (κ3) is 5.13. The molecule has 0 spiro atoms. The maximum absolute atomic E-state index is 12.0. The summed E-state index contributed by atoms with van der Waals surface area (Å²) in [6.45, 7) is 4.50. The van der Waals surface area contributed by atoms with Crippen LogP contribution in [0.2, 0.25) is 0 Å². The molecule has 1 saturated heterocycles. The van der Waals surface area contributed by atoms with E-state index >= 15 is 0 Å². The van der Waals surface area contributed by atoms with Crippen molar-refractivity contribution in [3.8, 4) is 0 Å². The van der Waals surface area contributed by atoms with Crippen molar-refractivity contribution in [2.45, 2.75) is 64.1 Å². The number of thiocarbonyl (C=S) groups is 1. The topological polar surface area (TPSA) is 71.4 Å². The summed E-state index contributed by atoms with van der Waals surface area (Å²) in [6.07, 6.45) is 8.23. The fourth-order valence-electron chi connectivity index (χ4n) is 5.99. The Bertz CT molecular complexity index is 1250. The fourth-order valence-corrected chi connectivity index (χ4v) is 6.33. The summed E-state index contributed by atoms with van der Waals surface area (Å²) in [6, 6.07) is 16.6. The van der Waals surface area contributed by atoms with Gasteiger partial charge in [0.05, 0.1) is 17.8 Å². The van der Waals surface area contributed by atoms with Crippen molar-refractivity contribution in [2.24, 2.45) is 0 Å². The third-order valence-corrected chi connectivity index (χ3v) is 7.90. The van der Waals surface area contributed by atoms with E-state index in [2.05, 4.69) is 46.1 Å². The first kappa shape index (κ1) is 25.4. The third-order valence-electron chi connectivity index (χ3n) is 7.58. The largest absolute Gasteiger partial charge is 0.375 e. The Hall–Kier alpha value is -3.23. The zero-order valence-electron chi connectivity index (χ0n) is 21.7. The molecule has 3 heterocycles. The summed E-state index contributed by atoms with van der Waals surface area (Å²) in [5.41, 5.74) is 6.51. The fraction of sp³-hybridized carbons (Fsp3) is 0.414. The lowest BCUT2D eigenvalue weighted by molar-refractivity contribution is -0.119. The number of aryl methyl sites for hydroxylation is 1. The molecule has 8 heteroatoms. The van der Waals surface area contributed by atoms with Crippen LogP contribution in [0.25, 0.3) is 0 Å². The first-order valence-corrected chi connectivity index (χ1v) is 13.5. The highest BCUT2D eigenvalue weighted by atomic mass is 32.1. The van der Waals surface area contributed by atoms with Gasteiger partial charge in [0, 0.05) is 42.1 Å². The lowest BCUT2D eigenvalue weighted by Gasteiger charge is -2.30. The zero-order chi connectivity index (χ0) is 25.9. The van der Waals surface area contributed by atoms with Gasteiger partial charge in [-0.15, -0.1) is 0 Å². The van der Waals surface area contributed by atoms with Gasteiger partial charge >= 0.3 is 0 Å². The van der Waals surface area contributed by atoms with Crippen molar-refractivity contribution >= 4 is 34.6 Å².